The standard InChI is InChI=1S/C14H19FN4O4/c1-3-9(12(20)17-7(2)14(22)23)19-13(21)10-5-4-8(15)11(6-16)18-10/h3-5,7,12,17,20H,6,16H2,1-2H3,(H,19,21)(H,22,23)/b9-3-/t7-,12?/m0/s1. The van der Waals surface area contributed by atoms with Gasteiger partial charge in [0.15, 0.2) is 0 Å². The van der Waals surface area contributed by atoms with Gasteiger partial charge in [-0.05, 0) is 26.0 Å². The smallest absolute Gasteiger partial charge is 0.320 e. The van der Waals surface area contributed by atoms with Gasteiger partial charge in [-0.2, -0.15) is 0 Å². The largest absolute Gasteiger partial charge is 0.480 e. The summed E-state index contributed by atoms with van der Waals surface area (Å²) in [4.78, 5) is 26.6. The lowest BCUT2D eigenvalue weighted by Crippen LogP contribution is -2.45. The van der Waals surface area contributed by atoms with Crippen LogP contribution < -0.4 is 16.4 Å². The number of allylic oxidation sites excluding steroid dienone is 1. The minimum absolute atomic E-state index is 0.0449. The summed E-state index contributed by atoms with van der Waals surface area (Å²) in [5.74, 6) is -2.46. The summed E-state index contributed by atoms with van der Waals surface area (Å²) in [5, 5.41) is 23.5. The second-order valence-electron chi connectivity index (χ2n) is 4.66. The first-order valence-electron chi connectivity index (χ1n) is 6.80. The van der Waals surface area contributed by atoms with E-state index in [2.05, 4.69) is 15.6 Å². The molecule has 6 N–H and O–H groups in total. The van der Waals surface area contributed by atoms with Gasteiger partial charge in [-0.1, -0.05) is 6.08 Å². The van der Waals surface area contributed by atoms with E-state index >= 15 is 0 Å². The highest BCUT2D eigenvalue weighted by atomic mass is 19.1. The molecule has 0 aliphatic rings. The van der Waals surface area contributed by atoms with Crippen LogP contribution in [0.15, 0.2) is 23.9 Å². The molecule has 0 saturated heterocycles. The monoisotopic (exact) mass is 326 g/mol. The Morgan fingerprint density at radius 1 is 1.48 bits per heavy atom. The number of nitrogens with one attached hydrogen (secondary N) is 2. The van der Waals surface area contributed by atoms with Gasteiger partial charge >= 0.3 is 5.97 Å². The van der Waals surface area contributed by atoms with Crippen LogP contribution in [0.25, 0.3) is 0 Å². The number of aliphatic carboxylic acids is 1. The zero-order valence-electron chi connectivity index (χ0n) is 12.7. The quantitative estimate of drug-likeness (QED) is 0.433. The summed E-state index contributed by atoms with van der Waals surface area (Å²) >= 11 is 0. The zero-order valence-corrected chi connectivity index (χ0v) is 12.7. The number of carbonyl (C=O) groups is 2. The van der Waals surface area contributed by atoms with E-state index in [1.54, 1.807) is 6.92 Å². The van der Waals surface area contributed by atoms with E-state index in [0.29, 0.717) is 0 Å². The molecule has 1 aromatic heterocycles. The number of nitrogens with zero attached hydrogens (tertiary/aromatic N) is 1. The fraction of sp³-hybridized carbons (Fsp3) is 0.357. The molecule has 1 unspecified atom stereocenters. The van der Waals surface area contributed by atoms with Gasteiger partial charge in [-0.15, -0.1) is 0 Å². The van der Waals surface area contributed by atoms with Crippen LogP contribution >= 0.6 is 0 Å². The van der Waals surface area contributed by atoms with Crippen LogP contribution in [-0.2, 0) is 11.3 Å². The fourth-order valence-electron chi connectivity index (χ4n) is 1.65. The first-order chi connectivity index (χ1) is 10.8. The summed E-state index contributed by atoms with van der Waals surface area (Å²) in [6.07, 6.45) is 0.00167. The number of hydrogen-bond donors (Lipinski definition) is 5. The van der Waals surface area contributed by atoms with Gasteiger partial charge in [0.05, 0.1) is 11.4 Å². The van der Waals surface area contributed by atoms with Crippen LogP contribution in [0.5, 0.6) is 0 Å². The van der Waals surface area contributed by atoms with E-state index in [1.807, 2.05) is 0 Å². The van der Waals surface area contributed by atoms with Gasteiger partial charge in [-0.25, -0.2) is 9.37 Å². The van der Waals surface area contributed by atoms with Crippen molar-refractivity contribution < 1.29 is 24.2 Å². The molecular weight excluding hydrogens is 307 g/mol. The molecule has 8 nitrogen and oxygen atoms in total. The Morgan fingerprint density at radius 2 is 2.13 bits per heavy atom. The number of aliphatic hydroxyl groups is 1. The highest BCUT2D eigenvalue weighted by Gasteiger charge is 2.20. The normalized spacial score (nSPS) is 14.2. The molecule has 0 aromatic carbocycles. The van der Waals surface area contributed by atoms with Crippen molar-refractivity contribution in [3.8, 4) is 0 Å². The van der Waals surface area contributed by atoms with E-state index in [1.165, 1.54) is 19.1 Å². The third-order valence-corrected chi connectivity index (χ3v) is 2.99. The number of amides is 1. The van der Waals surface area contributed by atoms with Crippen molar-refractivity contribution in [2.75, 3.05) is 0 Å². The lowest BCUT2D eigenvalue weighted by atomic mass is 10.2. The number of nitrogens with two attached hydrogens (primary N) is 1. The Morgan fingerprint density at radius 3 is 2.65 bits per heavy atom. The van der Waals surface area contributed by atoms with Crippen molar-refractivity contribution in [1.82, 2.24) is 15.6 Å². The SMILES string of the molecule is C/C=C(\NC(=O)c1ccc(F)c(CN)n1)C(O)N[C@@H](C)C(=O)O. The first-order valence-corrected chi connectivity index (χ1v) is 6.80. The number of carboxylic acid groups (broad SMARTS) is 1. The molecule has 0 aliphatic carbocycles. The van der Waals surface area contributed by atoms with Crippen molar-refractivity contribution in [3.63, 3.8) is 0 Å². The number of halogens is 1. The molecule has 23 heavy (non-hydrogen) atoms. The third kappa shape index (κ3) is 5.09. The van der Waals surface area contributed by atoms with Crippen LogP contribution in [-0.4, -0.2) is 39.3 Å². The summed E-state index contributed by atoms with van der Waals surface area (Å²) in [7, 11) is 0. The van der Waals surface area contributed by atoms with Crippen LogP contribution in [0.4, 0.5) is 4.39 Å². The van der Waals surface area contributed by atoms with Crippen molar-refractivity contribution >= 4 is 11.9 Å². The number of rotatable bonds is 7. The van der Waals surface area contributed by atoms with Gasteiger partial charge in [0.25, 0.3) is 5.91 Å². The number of hydrogen-bond acceptors (Lipinski definition) is 6. The van der Waals surface area contributed by atoms with Crippen LogP contribution in [0, 0.1) is 5.82 Å². The van der Waals surface area contributed by atoms with Gasteiger partial charge in [0.2, 0.25) is 0 Å². The molecule has 1 amide bonds. The van der Waals surface area contributed by atoms with Gasteiger partial charge in [0, 0.05) is 6.54 Å². The number of carbonyl (C=O) groups excluding carboxylic acids is 1. The summed E-state index contributed by atoms with van der Waals surface area (Å²) in [6.45, 7) is 2.73. The maximum Gasteiger partial charge on any atom is 0.320 e. The Bertz CT molecular complexity index is 621. The molecule has 0 fully saturated rings. The van der Waals surface area contributed by atoms with Crippen molar-refractivity contribution in [2.45, 2.75) is 32.7 Å². The average Bonchev–Trinajstić information content (AvgIpc) is 2.52. The molecule has 9 heteroatoms. The first kappa shape index (κ1) is 18.7. The molecule has 0 bridgehead atoms. The van der Waals surface area contributed by atoms with E-state index in [-0.39, 0.29) is 23.6 Å². The second-order valence-corrected chi connectivity index (χ2v) is 4.66. The van der Waals surface area contributed by atoms with Crippen LogP contribution in [0.2, 0.25) is 0 Å². The highest BCUT2D eigenvalue weighted by molar-refractivity contribution is 5.93. The van der Waals surface area contributed by atoms with Crippen LogP contribution in [0.1, 0.15) is 30.0 Å². The topological polar surface area (TPSA) is 138 Å². The minimum atomic E-state index is -1.40. The number of pyridine rings is 1. The molecule has 2 atom stereocenters. The maximum absolute atomic E-state index is 13.3. The fourth-order valence-corrected chi connectivity index (χ4v) is 1.65. The lowest BCUT2D eigenvalue weighted by Gasteiger charge is -2.19. The maximum atomic E-state index is 13.3. The van der Waals surface area contributed by atoms with E-state index in [0.717, 1.165) is 6.07 Å². The summed E-state index contributed by atoms with van der Waals surface area (Å²) in [6, 6.07) is 1.22. The van der Waals surface area contributed by atoms with Crippen LogP contribution in [0.3, 0.4) is 0 Å². The molecule has 1 heterocycles. The Hall–Kier alpha value is -2.36. The molecule has 0 spiro atoms. The van der Waals surface area contributed by atoms with E-state index < -0.39 is 30.0 Å². The predicted molar refractivity (Wildman–Crippen MR) is 79.5 cm³/mol. The van der Waals surface area contributed by atoms with E-state index in [9.17, 15) is 19.1 Å². The van der Waals surface area contributed by atoms with Gasteiger partial charge < -0.3 is 21.3 Å². The summed E-state index contributed by atoms with van der Waals surface area (Å²) < 4.78 is 13.3. The third-order valence-electron chi connectivity index (χ3n) is 2.99. The molecule has 0 aliphatic heterocycles. The number of aromatic nitrogens is 1. The Balaban J connectivity index is 2.83. The van der Waals surface area contributed by atoms with E-state index in [4.69, 9.17) is 10.8 Å². The average molecular weight is 326 g/mol. The molecule has 126 valence electrons. The van der Waals surface area contributed by atoms with Crippen molar-refractivity contribution in [2.24, 2.45) is 5.73 Å². The number of carboxylic acids is 1. The highest BCUT2D eigenvalue weighted by Crippen LogP contribution is 2.07. The zero-order chi connectivity index (χ0) is 17.6. The Labute approximate surface area is 132 Å². The molecule has 0 saturated carbocycles. The minimum Gasteiger partial charge on any atom is -0.480 e. The number of aliphatic hydroxyl groups excluding tert-OH is 1. The van der Waals surface area contributed by atoms with Gasteiger partial charge in [-0.3, -0.25) is 14.9 Å². The van der Waals surface area contributed by atoms with Gasteiger partial charge in [0.1, 0.15) is 23.8 Å². The van der Waals surface area contributed by atoms with Crippen molar-refractivity contribution in [1.29, 1.82) is 0 Å². The molecule has 0 radical (unpaired) electrons. The molecule has 1 aromatic rings. The molecular formula is C14H19FN4O4. The molecule has 1 rings (SSSR count). The Kier molecular flexibility index (Phi) is 6.76. The lowest BCUT2D eigenvalue weighted by molar-refractivity contribution is -0.139. The second kappa shape index (κ2) is 8.32. The predicted octanol–water partition coefficient (Wildman–Crippen LogP) is -0.306. The van der Waals surface area contributed by atoms with Crippen molar-refractivity contribution in [3.05, 3.63) is 41.1 Å². The summed E-state index contributed by atoms with van der Waals surface area (Å²) in [5.41, 5.74) is 5.24.